The normalized spacial score (nSPS) is 22.2. The molecule has 1 aliphatic heterocycles. The summed E-state index contributed by atoms with van der Waals surface area (Å²) in [6.07, 6.45) is 3.24. The van der Waals surface area contributed by atoms with E-state index in [2.05, 4.69) is 0 Å². The summed E-state index contributed by atoms with van der Waals surface area (Å²) in [4.78, 5) is 0. The van der Waals surface area contributed by atoms with Crippen molar-refractivity contribution in [3.8, 4) is 0 Å². The van der Waals surface area contributed by atoms with Crippen LogP contribution in [-0.4, -0.2) is 24.4 Å². The zero-order chi connectivity index (χ0) is 11.4. The minimum atomic E-state index is -0.238. The smallest absolute Gasteiger partial charge is 0.123 e. The van der Waals surface area contributed by atoms with Crippen LogP contribution < -0.4 is 0 Å². The van der Waals surface area contributed by atoms with Gasteiger partial charge in [0.15, 0.2) is 0 Å². The van der Waals surface area contributed by atoms with Crippen LogP contribution in [0.4, 0.5) is 4.39 Å². The Morgan fingerprint density at radius 2 is 2.12 bits per heavy atom. The average Bonchev–Trinajstić information content (AvgIpc) is 2.80. The number of hydrogen-bond acceptors (Lipinski definition) is 2. The van der Waals surface area contributed by atoms with Crippen molar-refractivity contribution < 1.29 is 14.2 Å². The first kappa shape index (κ1) is 11.6. The fourth-order valence-electron chi connectivity index (χ4n) is 2.20. The van der Waals surface area contributed by atoms with Gasteiger partial charge in [-0.05, 0) is 37.0 Å². The number of aliphatic hydroxyl groups excluding tert-OH is 1. The Hall–Kier alpha value is -0.930. The van der Waals surface area contributed by atoms with Crippen LogP contribution in [0.5, 0.6) is 0 Å². The molecule has 0 radical (unpaired) electrons. The number of benzene rings is 1. The van der Waals surface area contributed by atoms with E-state index < -0.39 is 0 Å². The Morgan fingerprint density at radius 3 is 2.69 bits per heavy atom. The van der Waals surface area contributed by atoms with Crippen LogP contribution in [0.15, 0.2) is 24.3 Å². The van der Waals surface area contributed by atoms with E-state index >= 15 is 0 Å². The monoisotopic (exact) mass is 224 g/mol. The predicted molar refractivity (Wildman–Crippen MR) is 59.8 cm³/mol. The molecule has 1 aromatic carbocycles. The molecule has 1 saturated heterocycles. The van der Waals surface area contributed by atoms with Crippen molar-refractivity contribution in [2.75, 3.05) is 13.2 Å². The van der Waals surface area contributed by atoms with Gasteiger partial charge in [0, 0.05) is 12.5 Å². The summed E-state index contributed by atoms with van der Waals surface area (Å²) >= 11 is 0. The first-order valence-corrected chi connectivity index (χ1v) is 5.77. The van der Waals surface area contributed by atoms with E-state index in [-0.39, 0.29) is 24.4 Å². The average molecular weight is 224 g/mol. The van der Waals surface area contributed by atoms with Gasteiger partial charge < -0.3 is 9.84 Å². The molecule has 16 heavy (non-hydrogen) atoms. The van der Waals surface area contributed by atoms with Crippen LogP contribution in [-0.2, 0) is 4.74 Å². The van der Waals surface area contributed by atoms with Gasteiger partial charge in [0.2, 0.25) is 0 Å². The van der Waals surface area contributed by atoms with Crippen molar-refractivity contribution in [1.82, 2.24) is 0 Å². The van der Waals surface area contributed by atoms with Gasteiger partial charge in [0.1, 0.15) is 5.82 Å². The van der Waals surface area contributed by atoms with E-state index in [1.54, 1.807) is 12.1 Å². The molecule has 0 spiro atoms. The molecule has 2 atom stereocenters. The third kappa shape index (κ3) is 2.80. The molecular weight excluding hydrogens is 207 g/mol. The number of rotatable bonds is 4. The van der Waals surface area contributed by atoms with Crippen LogP contribution in [0.25, 0.3) is 0 Å². The van der Waals surface area contributed by atoms with Gasteiger partial charge in [0.05, 0.1) is 12.7 Å². The first-order valence-electron chi connectivity index (χ1n) is 5.77. The van der Waals surface area contributed by atoms with Crippen LogP contribution in [0.2, 0.25) is 0 Å². The van der Waals surface area contributed by atoms with Gasteiger partial charge in [-0.3, -0.25) is 0 Å². The zero-order valence-electron chi connectivity index (χ0n) is 9.23. The third-order valence-corrected chi connectivity index (χ3v) is 3.13. The zero-order valence-corrected chi connectivity index (χ0v) is 9.23. The Kier molecular flexibility index (Phi) is 3.91. The SMILES string of the molecule is OCC(CC1CCCO1)c1ccc(F)cc1. The third-order valence-electron chi connectivity index (χ3n) is 3.13. The number of halogens is 1. The molecule has 2 nitrogen and oxygen atoms in total. The minimum Gasteiger partial charge on any atom is -0.396 e. The van der Waals surface area contributed by atoms with E-state index in [1.807, 2.05) is 0 Å². The Morgan fingerprint density at radius 1 is 1.38 bits per heavy atom. The number of ether oxygens (including phenoxy) is 1. The molecule has 88 valence electrons. The van der Waals surface area contributed by atoms with Gasteiger partial charge >= 0.3 is 0 Å². The molecule has 0 amide bonds. The summed E-state index contributed by atoms with van der Waals surface area (Å²) in [7, 11) is 0. The lowest BCUT2D eigenvalue weighted by atomic mass is 9.93. The first-order chi connectivity index (χ1) is 7.79. The maximum atomic E-state index is 12.8. The van der Waals surface area contributed by atoms with Gasteiger partial charge in [-0.2, -0.15) is 0 Å². The quantitative estimate of drug-likeness (QED) is 0.851. The summed E-state index contributed by atoms with van der Waals surface area (Å²) in [6.45, 7) is 0.914. The molecule has 3 heteroatoms. The van der Waals surface area contributed by atoms with Gasteiger partial charge in [-0.15, -0.1) is 0 Å². The van der Waals surface area contributed by atoms with Crippen molar-refractivity contribution in [1.29, 1.82) is 0 Å². The lowest BCUT2D eigenvalue weighted by molar-refractivity contribution is 0.0898. The highest BCUT2D eigenvalue weighted by atomic mass is 19.1. The summed E-state index contributed by atoms with van der Waals surface area (Å²) < 4.78 is 18.3. The second-order valence-corrected chi connectivity index (χ2v) is 4.30. The van der Waals surface area contributed by atoms with E-state index in [1.165, 1.54) is 12.1 Å². The van der Waals surface area contributed by atoms with Gasteiger partial charge in [-0.25, -0.2) is 4.39 Å². The lowest BCUT2D eigenvalue weighted by Gasteiger charge is -2.18. The van der Waals surface area contributed by atoms with Crippen LogP contribution in [0.3, 0.4) is 0 Å². The Labute approximate surface area is 95.1 Å². The fourth-order valence-corrected chi connectivity index (χ4v) is 2.20. The second-order valence-electron chi connectivity index (χ2n) is 4.30. The van der Waals surface area contributed by atoms with E-state index in [4.69, 9.17) is 4.74 Å². The summed E-state index contributed by atoms with van der Waals surface area (Å²) in [5.41, 5.74) is 0.986. The largest absolute Gasteiger partial charge is 0.396 e. The molecule has 1 fully saturated rings. The summed E-state index contributed by atoms with van der Waals surface area (Å²) in [6, 6.07) is 6.36. The maximum absolute atomic E-state index is 12.8. The standard InChI is InChI=1S/C13H17FO2/c14-12-5-3-10(4-6-12)11(9-15)8-13-2-1-7-16-13/h3-6,11,13,15H,1-2,7-9H2. The summed E-state index contributed by atoms with van der Waals surface area (Å²) in [5, 5.41) is 9.36. The highest BCUT2D eigenvalue weighted by Gasteiger charge is 2.21. The Balaban J connectivity index is 2.00. The van der Waals surface area contributed by atoms with Crippen molar-refractivity contribution in [2.45, 2.75) is 31.3 Å². The van der Waals surface area contributed by atoms with Gasteiger partial charge in [0.25, 0.3) is 0 Å². The van der Waals surface area contributed by atoms with E-state index in [0.29, 0.717) is 0 Å². The molecular formula is C13H17FO2. The fraction of sp³-hybridized carbons (Fsp3) is 0.538. The topological polar surface area (TPSA) is 29.5 Å². The molecule has 2 unspecified atom stereocenters. The van der Waals surface area contributed by atoms with E-state index in [9.17, 15) is 9.50 Å². The molecule has 0 saturated carbocycles. The van der Waals surface area contributed by atoms with Crippen molar-refractivity contribution in [2.24, 2.45) is 0 Å². The number of hydrogen-bond donors (Lipinski definition) is 1. The maximum Gasteiger partial charge on any atom is 0.123 e. The van der Waals surface area contributed by atoms with Crippen LogP contribution in [0.1, 0.15) is 30.7 Å². The lowest BCUT2D eigenvalue weighted by Crippen LogP contribution is -2.14. The Bertz CT molecular complexity index is 317. The highest BCUT2D eigenvalue weighted by molar-refractivity contribution is 5.20. The number of aliphatic hydroxyl groups is 1. The van der Waals surface area contributed by atoms with Crippen LogP contribution >= 0.6 is 0 Å². The predicted octanol–water partition coefficient (Wildman–Crippen LogP) is 2.47. The van der Waals surface area contributed by atoms with Crippen molar-refractivity contribution in [3.05, 3.63) is 35.6 Å². The van der Waals surface area contributed by atoms with Crippen molar-refractivity contribution in [3.63, 3.8) is 0 Å². The molecule has 2 rings (SSSR count). The molecule has 0 bridgehead atoms. The van der Waals surface area contributed by atoms with Crippen molar-refractivity contribution >= 4 is 0 Å². The van der Waals surface area contributed by atoms with E-state index in [0.717, 1.165) is 31.4 Å². The van der Waals surface area contributed by atoms with Crippen LogP contribution in [0, 0.1) is 5.82 Å². The molecule has 0 aliphatic carbocycles. The molecule has 1 aromatic rings. The highest BCUT2D eigenvalue weighted by Crippen LogP contribution is 2.26. The summed E-state index contributed by atoms with van der Waals surface area (Å²) in [5.74, 6) is -0.179. The van der Waals surface area contributed by atoms with Gasteiger partial charge in [-0.1, -0.05) is 12.1 Å². The molecule has 1 N–H and O–H groups in total. The molecule has 0 aromatic heterocycles. The minimum absolute atomic E-state index is 0.0590. The second kappa shape index (κ2) is 5.41. The molecule has 1 heterocycles. The molecule has 1 aliphatic rings.